The highest BCUT2D eigenvalue weighted by Gasteiger charge is 2.40. The van der Waals surface area contributed by atoms with Gasteiger partial charge in [-0.15, -0.1) is 11.6 Å². The van der Waals surface area contributed by atoms with Crippen molar-refractivity contribution in [2.24, 2.45) is 0 Å². The van der Waals surface area contributed by atoms with Gasteiger partial charge in [-0.2, -0.15) is 0 Å². The number of aliphatic hydroxyl groups excluding tert-OH is 1. The number of phosphoric ester groups is 1. The number of rotatable bonds is 3. The zero-order valence-electron chi connectivity index (χ0n) is 7.41. The molecule has 1 saturated heterocycles. The van der Waals surface area contributed by atoms with Crippen LogP contribution in [0.25, 0.3) is 0 Å². The van der Waals surface area contributed by atoms with Crippen molar-refractivity contribution in [2.75, 3.05) is 6.61 Å². The van der Waals surface area contributed by atoms with Gasteiger partial charge in [0.05, 0.1) is 12.0 Å². The van der Waals surface area contributed by atoms with Crippen LogP contribution >= 0.6 is 19.4 Å². The van der Waals surface area contributed by atoms with Crippen LogP contribution < -0.4 is 0 Å². The number of halogens is 1. The molecule has 9 heteroatoms. The number of hydrogen-bond acceptors (Lipinski definition) is 4. The molecule has 3 N–H and O–H groups in total. The van der Waals surface area contributed by atoms with Crippen LogP contribution in [0.5, 0.6) is 0 Å². The van der Waals surface area contributed by atoms with Gasteiger partial charge in [0.15, 0.2) is 0 Å². The number of hydrogen-bond donors (Lipinski definition) is 3. The Balaban J connectivity index is 2.44. The molecule has 14 heavy (non-hydrogen) atoms. The van der Waals surface area contributed by atoms with E-state index in [0.717, 1.165) is 0 Å². The molecule has 0 spiro atoms. The molecule has 0 saturated carbocycles. The molecule has 1 aliphatic rings. The van der Waals surface area contributed by atoms with E-state index >= 15 is 0 Å². The Labute approximate surface area is 86.8 Å². The second kappa shape index (κ2) is 4.49. The largest absolute Gasteiger partial charge is 0.469 e. The van der Waals surface area contributed by atoms with Crippen molar-refractivity contribution in [3.8, 4) is 0 Å². The Kier molecular flexibility index (Phi) is 3.99. The van der Waals surface area contributed by atoms with Gasteiger partial charge >= 0.3 is 7.82 Å². The van der Waals surface area contributed by atoms with E-state index in [1.54, 1.807) is 7.85 Å². The lowest BCUT2D eigenvalue weighted by Crippen LogP contribution is -2.31. The van der Waals surface area contributed by atoms with Gasteiger partial charge in [0, 0.05) is 6.00 Å². The SMILES string of the molecule is B[C@@H]1OC(COP(=O)(O)O)[C@@H](O)[C@H]1Cl. The van der Waals surface area contributed by atoms with Crippen LogP contribution in [0.3, 0.4) is 0 Å². The van der Waals surface area contributed by atoms with Gasteiger partial charge < -0.3 is 19.6 Å². The third kappa shape index (κ3) is 3.20. The summed E-state index contributed by atoms with van der Waals surface area (Å²) in [6.07, 6.45) is -1.77. The van der Waals surface area contributed by atoms with Crippen molar-refractivity contribution >= 4 is 27.3 Å². The smallest absolute Gasteiger partial charge is 0.389 e. The average molecular weight is 244 g/mol. The lowest BCUT2D eigenvalue weighted by atomic mass is 9.95. The zero-order chi connectivity index (χ0) is 10.9. The van der Waals surface area contributed by atoms with E-state index in [9.17, 15) is 9.67 Å². The first-order chi connectivity index (χ1) is 6.31. The Morgan fingerprint density at radius 1 is 1.57 bits per heavy atom. The van der Waals surface area contributed by atoms with E-state index in [-0.39, 0.29) is 12.6 Å². The van der Waals surface area contributed by atoms with E-state index in [1.807, 2.05) is 0 Å². The van der Waals surface area contributed by atoms with Gasteiger partial charge in [0.2, 0.25) is 0 Å². The third-order valence-electron chi connectivity index (χ3n) is 1.95. The highest BCUT2D eigenvalue weighted by molar-refractivity contribution is 7.46. The maximum atomic E-state index is 10.4. The monoisotopic (exact) mass is 244 g/mol. The number of alkyl halides is 1. The van der Waals surface area contributed by atoms with Crippen LogP contribution in [0.2, 0.25) is 0 Å². The van der Waals surface area contributed by atoms with Gasteiger partial charge in [-0.3, -0.25) is 4.52 Å². The minimum Gasteiger partial charge on any atom is -0.389 e. The minimum atomic E-state index is -4.52. The summed E-state index contributed by atoms with van der Waals surface area (Å²) < 4.78 is 19.7. The van der Waals surface area contributed by atoms with Crippen molar-refractivity contribution in [1.82, 2.24) is 0 Å². The molecule has 0 aromatic carbocycles. The summed E-state index contributed by atoms with van der Waals surface area (Å²) in [5.41, 5.74) is 0. The van der Waals surface area contributed by atoms with E-state index in [0.29, 0.717) is 0 Å². The number of aliphatic hydroxyl groups is 1. The van der Waals surface area contributed by atoms with Crippen LogP contribution in [0.4, 0.5) is 0 Å². The summed E-state index contributed by atoms with van der Waals surface area (Å²) >= 11 is 5.73. The Hall–Kier alpha value is 0.385. The summed E-state index contributed by atoms with van der Waals surface area (Å²) in [7, 11) is -2.85. The van der Waals surface area contributed by atoms with Crippen LogP contribution in [0.1, 0.15) is 0 Å². The highest BCUT2D eigenvalue weighted by atomic mass is 35.5. The fraction of sp³-hybridized carbons (Fsp3) is 1.00. The molecular formula is C5H11BClO6P. The van der Waals surface area contributed by atoms with Crippen molar-refractivity contribution in [2.45, 2.75) is 23.6 Å². The Bertz CT molecular complexity index is 246. The van der Waals surface area contributed by atoms with Gasteiger partial charge in [-0.1, -0.05) is 0 Å². The van der Waals surface area contributed by atoms with Gasteiger partial charge in [0.25, 0.3) is 0 Å². The molecule has 0 aromatic rings. The Morgan fingerprint density at radius 2 is 2.14 bits per heavy atom. The lowest BCUT2D eigenvalue weighted by Gasteiger charge is -2.14. The van der Waals surface area contributed by atoms with E-state index in [2.05, 4.69) is 4.52 Å². The zero-order valence-corrected chi connectivity index (χ0v) is 9.06. The summed E-state index contributed by atoms with van der Waals surface area (Å²) in [6, 6.07) is -0.364. The second-order valence-electron chi connectivity index (χ2n) is 3.10. The van der Waals surface area contributed by atoms with Gasteiger partial charge in [-0.25, -0.2) is 4.57 Å². The average Bonchev–Trinajstić information content (AvgIpc) is 2.28. The molecule has 0 aromatic heterocycles. The molecule has 0 bridgehead atoms. The number of phosphoric acid groups is 1. The fourth-order valence-corrected chi connectivity index (χ4v) is 1.79. The minimum absolute atomic E-state index is 0.364. The lowest BCUT2D eigenvalue weighted by molar-refractivity contribution is -0.00417. The molecule has 1 rings (SSSR count). The molecule has 1 fully saturated rings. The van der Waals surface area contributed by atoms with E-state index < -0.39 is 25.4 Å². The van der Waals surface area contributed by atoms with E-state index in [1.165, 1.54) is 0 Å². The fourth-order valence-electron chi connectivity index (χ4n) is 1.22. The molecular weight excluding hydrogens is 233 g/mol. The van der Waals surface area contributed by atoms with E-state index in [4.69, 9.17) is 26.1 Å². The van der Waals surface area contributed by atoms with Gasteiger partial charge in [-0.05, 0) is 0 Å². The topological polar surface area (TPSA) is 96.2 Å². The summed E-state index contributed by atoms with van der Waals surface area (Å²) in [4.78, 5) is 16.8. The molecule has 0 radical (unpaired) electrons. The summed E-state index contributed by atoms with van der Waals surface area (Å²) in [5.74, 6) is 0. The van der Waals surface area contributed by atoms with Crippen molar-refractivity contribution in [1.29, 1.82) is 0 Å². The molecule has 0 amide bonds. The van der Waals surface area contributed by atoms with Crippen LogP contribution in [-0.2, 0) is 13.8 Å². The molecule has 1 unspecified atom stereocenters. The third-order valence-corrected chi connectivity index (χ3v) is 3.05. The summed E-state index contributed by atoms with van der Waals surface area (Å²) in [5, 5.41) is 8.85. The first kappa shape index (κ1) is 12.5. The standard InChI is InChI=1S/C5H11BClO6P/c6-5-3(7)4(8)2(13-5)1-12-14(9,10)11/h2-5,8H,1,6H2,(H2,9,10,11)/t2?,3-,4-,5-/m1/s1. The van der Waals surface area contributed by atoms with Crippen LogP contribution in [0.15, 0.2) is 0 Å². The second-order valence-corrected chi connectivity index (χ2v) is 4.84. The van der Waals surface area contributed by atoms with Crippen molar-refractivity contribution < 1.29 is 28.7 Å². The van der Waals surface area contributed by atoms with Gasteiger partial charge in [0.1, 0.15) is 20.1 Å². The molecule has 1 heterocycles. The summed E-state index contributed by atoms with van der Waals surface area (Å²) in [6.45, 7) is -0.376. The van der Waals surface area contributed by atoms with Crippen LogP contribution in [-0.4, -0.2) is 52.9 Å². The maximum Gasteiger partial charge on any atom is 0.469 e. The Morgan fingerprint density at radius 3 is 2.50 bits per heavy atom. The molecule has 6 nitrogen and oxygen atoms in total. The molecule has 0 aliphatic carbocycles. The first-order valence-electron chi connectivity index (χ1n) is 3.99. The van der Waals surface area contributed by atoms with Crippen LogP contribution in [0, 0.1) is 0 Å². The van der Waals surface area contributed by atoms with Crippen molar-refractivity contribution in [3.63, 3.8) is 0 Å². The first-order valence-corrected chi connectivity index (χ1v) is 5.95. The maximum absolute atomic E-state index is 10.4. The molecule has 1 aliphatic heterocycles. The quantitative estimate of drug-likeness (QED) is 0.315. The predicted octanol–water partition coefficient (Wildman–Crippen LogP) is -1.58. The predicted molar refractivity (Wildman–Crippen MR) is 50.8 cm³/mol. The van der Waals surface area contributed by atoms with Crippen molar-refractivity contribution in [3.05, 3.63) is 0 Å². The molecule has 4 atom stereocenters. The normalized spacial score (nSPS) is 38.9. The number of ether oxygens (including phenoxy) is 1. The molecule has 82 valence electrons. The highest BCUT2D eigenvalue weighted by Crippen LogP contribution is 2.37.